The minimum atomic E-state index is -1.22. The maximum atomic E-state index is 11.9. The van der Waals surface area contributed by atoms with E-state index in [9.17, 15) is 9.59 Å². The van der Waals surface area contributed by atoms with Gasteiger partial charge in [0, 0.05) is 5.69 Å². The van der Waals surface area contributed by atoms with E-state index in [1.807, 2.05) is 20.8 Å². The lowest BCUT2D eigenvalue weighted by Gasteiger charge is -2.21. The summed E-state index contributed by atoms with van der Waals surface area (Å²) in [6.45, 7) is 5.85. The predicted molar refractivity (Wildman–Crippen MR) is 74.8 cm³/mol. The molecular weight excluding hydrogens is 258 g/mol. The number of nitrogens with one attached hydrogen (secondary N) is 1. The number of amides is 1. The normalized spacial score (nSPS) is 16.4. The number of carbonyl (C=O) groups excluding carboxylic acids is 1. The first-order valence-corrected chi connectivity index (χ1v) is 6.57. The number of anilines is 1. The van der Waals surface area contributed by atoms with E-state index in [0.29, 0.717) is 24.3 Å². The summed E-state index contributed by atoms with van der Waals surface area (Å²) in [6.07, 6.45) is 0.804. The van der Waals surface area contributed by atoms with Crippen LogP contribution in [0.3, 0.4) is 0 Å². The van der Waals surface area contributed by atoms with Gasteiger partial charge in [0.05, 0.1) is 0 Å². The van der Waals surface area contributed by atoms with Crippen LogP contribution in [0.5, 0.6) is 5.75 Å². The Bertz CT molecular complexity index is 524. The summed E-state index contributed by atoms with van der Waals surface area (Å²) >= 11 is 0. The smallest absolute Gasteiger partial charge is 0.319 e. The van der Waals surface area contributed by atoms with E-state index >= 15 is 0 Å². The van der Waals surface area contributed by atoms with Crippen molar-refractivity contribution in [2.24, 2.45) is 5.41 Å². The Labute approximate surface area is 117 Å². The first-order chi connectivity index (χ1) is 9.23. The number of aliphatic carboxylic acids is 1. The average molecular weight is 277 g/mol. The Balaban J connectivity index is 2.01. The Hall–Kier alpha value is -2.04. The van der Waals surface area contributed by atoms with Crippen molar-refractivity contribution >= 4 is 17.6 Å². The standard InChI is InChI=1S/C15H19NO4/c1-14(2,3)20-11-6-4-10(5-7-11)16-12(17)15(8-9-15)13(18)19/h4-7H,8-9H2,1-3H3,(H,16,17)(H,18,19). The predicted octanol–water partition coefficient (Wildman–Crippen LogP) is 2.67. The molecule has 108 valence electrons. The van der Waals surface area contributed by atoms with Gasteiger partial charge in [-0.25, -0.2) is 0 Å². The summed E-state index contributed by atoms with van der Waals surface area (Å²) in [5.74, 6) is -0.799. The second kappa shape index (κ2) is 4.81. The highest BCUT2D eigenvalue weighted by Crippen LogP contribution is 2.46. The molecule has 0 unspecified atom stereocenters. The molecule has 0 radical (unpaired) electrons. The second-order valence-electron chi connectivity index (χ2n) is 6.08. The molecule has 0 bridgehead atoms. The maximum Gasteiger partial charge on any atom is 0.319 e. The zero-order chi connectivity index (χ0) is 15.0. The number of benzene rings is 1. The van der Waals surface area contributed by atoms with E-state index in [4.69, 9.17) is 9.84 Å². The number of carboxylic acids is 1. The van der Waals surface area contributed by atoms with E-state index in [1.54, 1.807) is 24.3 Å². The zero-order valence-corrected chi connectivity index (χ0v) is 11.9. The topological polar surface area (TPSA) is 75.6 Å². The van der Waals surface area contributed by atoms with Gasteiger partial charge in [-0.15, -0.1) is 0 Å². The van der Waals surface area contributed by atoms with Crippen LogP contribution in [-0.2, 0) is 9.59 Å². The van der Waals surface area contributed by atoms with Gasteiger partial charge in [0.25, 0.3) is 0 Å². The van der Waals surface area contributed by atoms with Crippen molar-refractivity contribution in [2.75, 3.05) is 5.32 Å². The van der Waals surface area contributed by atoms with Crippen LogP contribution in [0.15, 0.2) is 24.3 Å². The summed E-state index contributed by atoms with van der Waals surface area (Å²) in [5, 5.41) is 11.7. The Morgan fingerprint density at radius 1 is 1.20 bits per heavy atom. The van der Waals surface area contributed by atoms with Crippen molar-refractivity contribution in [2.45, 2.75) is 39.2 Å². The molecule has 0 aromatic heterocycles. The fourth-order valence-electron chi connectivity index (χ4n) is 1.87. The minimum absolute atomic E-state index is 0.286. The van der Waals surface area contributed by atoms with Gasteiger partial charge in [-0.3, -0.25) is 9.59 Å². The molecule has 1 aromatic rings. The highest BCUT2D eigenvalue weighted by atomic mass is 16.5. The van der Waals surface area contributed by atoms with Gasteiger partial charge in [-0.2, -0.15) is 0 Å². The van der Waals surface area contributed by atoms with Gasteiger partial charge in [0.15, 0.2) is 0 Å². The third-order valence-corrected chi connectivity index (χ3v) is 3.13. The van der Waals surface area contributed by atoms with Crippen LogP contribution < -0.4 is 10.1 Å². The molecule has 1 saturated carbocycles. The summed E-state index contributed by atoms with van der Waals surface area (Å²) in [5.41, 5.74) is -0.934. The fourth-order valence-corrected chi connectivity index (χ4v) is 1.87. The van der Waals surface area contributed by atoms with Crippen molar-refractivity contribution in [3.05, 3.63) is 24.3 Å². The molecule has 2 N–H and O–H groups in total. The van der Waals surface area contributed by atoms with Crippen LogP contribution in [0, 0.1) is 5.41 Å². The molecule has 2 rings (SSSR count). The summed E-state index contributed by atoms with van der Waals surface area (Å²) in [4.78, 5) is 23.0. The summed E-state index contributed by atoms with van der Waals surface area (Å²) in [7, 11) is 0. The van der Waals surface area contributed by atoms with Crippen LogP contribution in [0.25, 0.3) is 0 Å². The van der Waals surface area contributed by atoms with E-state index in [1.165, 1.54) is 0 Å². The number of carboxylic acid groups (broad SMARTS) is 1. The number of rotatable bonds is 4. The van der Waals surface area contributed by atoms with Crippen molar-refractivity contribution < 1.29 is 19.4 Å². The number of hydrogen-bond donors (Lipinski definition) is 2. The summed E-state index contributed by atoms with van der Waals surface area (Å²) < 4.78 is 5.67. The fraction of sp³-hybridized carbons (Fsp3) is 0.467. The molecular formula is C15H19NO4. The van der Waals surface area contributed by atoms with Crippen LogP contribution in [0.1, 0.15) is 33.6 Å². The average Bonchev–Trinajstić information content (AvgIpc) is 3.11. The van der Waals surface area contributed by atoms with Crippen molar-refractivity contribution in [3.63, 3.8) is 0 Å². The molecule has 1 aromatic carbocycles. The van der Waals surface area contributed by atoms with E-state index < -0.39 is 17.3 Å². The molecule has 1 fully saturated rings. The van der Waals surface area contributed by atoms with E-state index in [2.05, 4.69) is 5.32 Å². The quantitative estimate of drug-likeness (QED) is 0.830. The number of carbonyl (C=O) groups is 2. The molecule has 0 atom stereocenters. The third-order valence-electron chi connectivity index (χ3n) is 3.13. The first kappa shape index (κ1) is 14.4. The van der Waals surface area contributed by atoms with Crippen LogP contribution in [0.2, 0.25) is 0 Å². The summed E-state index contributed by atoms with van der Waals surface area (Å²) in [6, 6.07) is 6.91. The number of ether oxygens (including phenoxy) is 1. The lowest BCUT2D eigenvalue weighted by atomic mass is 10.1. The van der Waals surface area contributed by atoms with Crippen LogP contribution >= 0.6 is 0 Å². The van der Waals surface area contributed by atoms with Crippen LogP contribution in [0.4, 0.5) is 5.69 Å². The maximum absolute atomic E-state index is 11.9. The van der Waals surface area contributed by atoms with Gasteiger partial charge < -0.3 is 15.2 Å². The molecule has 1 aliphatic rings. The lowest BCUT2D eigenvalue weighted by Crippen LogP contribution is -2.31. The molecule has 20 heavy (non-hydrogen) atoms. The Morgan fingerprint density at radius 2 is 1.75 bits per heavy atom. The van der Waals surface area contributed by atoms with Crippen molar-refractivity contribution in [3.8, 4) is 5.75 Å². The van der Waals surface area contributed by atoms with Gasteiger partial charge >= 0.3 is 5.97 Å². The highest BCUT2D eigenvalue weighted by molar-refractivity contribution is 6.10. The molecule has 5 nitrogen and oxygen atoms in total. The lowest BCUT2D eigenvalue weighted by molar-refractivity contribution is -0.147. The molecule has 0 heterocycles. The first-order valence-electron chi connectivity index (χ1n) is 6.57. The van der Waals surface area contributed by atoms with Gasteiger partial charge in [0.1, 0.15) is 16.8 Å². The van der Waals surface area contributed by atoms with Crippen molar-refractivity contribution in [1.29, 1.82) is 0 Å². The van der Waals surface area contributed by atoms with Gasteiger partial charge in [0.2, 0.25) is 5.91 Å². The third kappa shape index (κ3) is 3.10. The monoisotopic (exact) mass is 277 g/mol. The molecule has 1 amide bonds. The largest absolute Gasteiger partial charge is 0.488 e. The second-order valence-corrected chi connectivity index (χ2v) is 6.08. The SMILES string of the molecule is CC(C)(C)Oc1ccc(NC(=O)C2(C(=O)O)CC2)cc1. The minimum Gasteiger partial charge on any atom is -0.488 e. The van der Waals surface area contributed by atoms with E-state index in [0.717, 1.165) is 0 Å². The Kier molecular flexibility index (Phi) is 3.46. The molecule has 5 heteroatoms. The molecule has 1 aliphatic carbocycles. The van der Waals surface area contributed by atoms with Crippen LogP contribution in [-0.4, -0.2) is 22.6 Å². The van der Waals surface area contributed by atoms with Crippen molar-refractivity contribution in [1.82, 2.24) is 0 Å². The number of hydrogen-bond acceptors (Lipinski definition) is 3. The highest BCUT2D eigenvalue weighted by Gasteiger charge is 2.57. The molecule has 0 spiro atoms. The molecule has 0 saturated heterocycles. The van der Waals surface area contributed by atoms with Gasteiger partial charge in [-0.05, 0) is 57.9 Å². The zero-order valence-electron chi connectivity index (χ0n) is 11.9. The Morgan fingerprint density at radius 3 is 2.15 bits per heavy atom. The van der Waals surface area contributed by atoms with Gasteiger partial charge in [-0.1, -0.05) is 0 Å². The molecule has 0 aliphatic heterocycles. The van der Waals surface area contributed by atoms with E-state index in [-0.39, 0.29) is 5.60 Å².